The highest BCUT2D eigenvalue weighted by Gasteiger charge is 2.11. The van der Waals surface area contributed by atoms with E-state index in [4.69, 9.17) is 0 Å². The van der Waals surface area contributed by atoms with E-state index in [0.29, 0.717) is 6.42 Å². The number of alkyl halides is 2. The zero-order valence-corrected chi connectivity index (χ0v) is 16.2. The van der Waals surface area contributed by atoms with Crippen LogP contribution in [-0.2, 0) is 4.79 Å². The first-order valence-electron chi connectivity index (χ1n) is 9.24. The van der Waals surface area contributed by atoms with E-state index < -0.39 is 6.43 Å². The highest BCUT2D eigenvalue weighted by molar-refractivity contribution is 5.85. The molecule has 0 fully saturated rings. The van der Waals surface area contributed by atoms with Gasteiger partial charge in [0.15, 0.2) is 0 Å². The van der Waals surface area contributed by atoms with Gasteiger partial charge >= 0.3 is 0 Å². The van der Waals surface area contributed by atoms with Crippen molar-refractivity contribution >= 4 is 12.1 Å². The molecule has 1 N–H and O–H groups in total. The maximum Gasteiger partial charge on any atom is 0.263 e. The molecule has 0 radical (unpaired) electrons. The molecule has 0 aliphatic heterocycles. The van der Waals surface area contributed by atoms with E-state index in [1.807, 2.05) is 13.8 Å². The van der Waals surface area contributed by atoms with Crippen molar-refractivity contribution in [2.45, 2.75) is 65.2 Å². The fourth-order valence-corrected chi connectivity index (χ4v) is 2.87. The SMILES string of the molecule is CCC(=NC)N/C(CCCC(C)c1ccc(C(F)F)cc1)=C(\C=O)CC. The van der Waals surface area contributed by atoms with Crippen LogP contribution >= 0.6 is 0 Å². The Kier molecular flexibility index (Phi) is 9.78. The molecule has 1 unspecified atom stereocenters. The lowest BCUT2D eigenvalue weighted by Gasteiger charge is -2.17. The van der Waals surface area contributed by atoms with Crippen LogP contribution in [0.3, 0.4) is 0 Å². The molecule has 1 aromatic rings. The van der Waals surface area contributed by atoms with Crippen molar-refractivity contribution in [2.75, 3.05) is 7.05 Å². The molecule has 1 atom stereocenters. The Bertz CT molecular complexity index is 621. The molecule has 0 saturated heterocycles. The van der Waals surface area contributed by atoms with Crippen molar-refractivity contribution in [3.05, 3.63) is 46.7 Å². The van der Waals surface area contributed by atoms with Crippen LogP contribution in [0.1, 0.15) is 76.3 Å². The Morgan fingerprint density at radius 3 is 2.23 bits per heavy atom. The van der Waals surface area contributed by atoms with Crippen LogP contribution in [0.2, 0.25) is 0 Å². The third kappa shape index (κ3) is 6.70. The summed E-state index contributed by atoms with van der Waals surface area (Å²) < 4.78 is 25.3. The molecule has 26 heavy (non-hydrogen) atoms. The largest absolute Gasteiger partial charge is 0.347 e. The molecule has 0 aliphatic rings. The Hall–Kier alpha value is -2.04. The third-order valence-electron chi connectivity index (χ3n) is 4.63. The number of hydrogen-bond acceptors (Lipinski definition) is 2. The van der Waals surface area contributed by atoms with E-state index in [2.05, 4.69) is 17.2 Å². The summed E-state index contributed by atoms with van der Waals surface area (Å²) >= 11 is 0. The zero-order chi connectivity index (χ0) is 19.5. The number of hydrogen-bond donors (Lipinski definition) is 1. The molecule has 0 spiro atoms. The average Bonchev–Trinajstić information content (AvgIpc) is 2.66. The van der Waals surface area contributed by atoms with E-state index in [-0.39, 0.29) is 11.5 Å². The van der Waals surface area contributed by atoms with Gasteiger partial charge < -0.3 is 5.32 Å². The first-order valence-corrected chi connectivity index (χ1v) is 9.24. The van der Waals surface area contributed by atoms with Gasteiger partial charge in [0, 0.05) is 30.3 Å². The van der Waals surface area contributed by atoms with Crippen LogP contribution in [0.25, 0.3) is 0 Å². The van der Waals surface area contributed by atoms with Gasteiger partial charge in [0.2, 0.25) is 0 Å². The minimum atomic E-state index is -2.43. The van der Waals surface area contributed by atoms with Crippen molar-refractivity contribution in [3.63, 3.8) is 0 Å². The number of amidine groups is 1. The summed E-state index contributed by atoms with van der Waals surface area (Å²) in [6, 6.07) is 6.55. The molecule has 5 heteroatoms. The number of halogens is 2. The van der Waals surface area contributed by atoms with Gasteiger partial charge in [-0.05, 0) is 37.2 Å². The highest BCUT2D eigenvalue weighted by Crippen LogP contribution is 2.26. The number of aldehydes is 1. The number of allylic oxidation sites excluding steroid dienone is 2. The summed E-state index contributed by atoms with van der Waals surface area (Å²) in [5.74, 6) is 1.14. The number of benzene rings is 1. The van der Waals surface area contributed by atoms with Crippen molar-refractivity contribution in [1.82, 2.24) is 5.32 Å². The fraction of sp³-hybridized carbons (Fsp3) is 0.524. The first kappa shape index (κ1) is 22.0. The summed E-state index contributed by atoms with van der Waals surface area (Å²) in [6.07, 6.45) is 2.53. The first-order chi connectivity index (χ1) is 12.5. The third-order valence-corrected chi connectivity index (χ3v) is 4.63. The van der Waals surface area contributed by atoms with Crippen LogP contribution < -0.4 is 5.32 Å². The van der Waals surface area contributed by atoms with E-state index in [1.165, 1.54) is 12.1 Å². The quantitative estimate of drug-likeness (QED) is 0.247. The second-order valence-corrected chi connectivity index (χ2v) is 6.38. The molecule has 144 valence electrons. The summed E-state index contributed by atoms with van der Waals surface area (Å²) in [7, 11) is 1.74. The summed E-state index contributed by atoms with van der Waals surface area (Å²) in [4.78, 5) is 15.5. The molecule has 0 aliphatic carbocycles. The minimum Gasteiger partial charge on any atom is -0.347 e. The number of nitrogens with zero attached hydrogens (tertiary/aromatic N) is 1. The smallest absolute Gasteiger partial charge is 0.263 e. The topological polar surface area (TPSA) is 41.5 Å². The van der Waals surface area contributed by atoms with Crippen LogP contribution in [0.5, 0.6) is 0 Å². The molecular formula is C21H30F2N2O. The predicted molar refractivity (Wildman–Crippen MR) is 104 cm³/mol. The van der Waals surface area contributed by atoms with E-state index in [9.17, 15) is 13.6 Å². The van der Waals surface area contributed by atoms with Crippen LogP contribution in [0, 0.1) is 0 Å². The van der Waals surface area contributed by atoms with Gasteiger partial charge in [-0.15, -0.1) is 0 Å². The minimum absolute atomic E-state index is 0.0555. The van der Waals surface area contributed by atoms with Gasteiger partial charge in [0.05, 0.1) is 5.84 Å². The van der Waals surface area contributed by atoms with Crippen molar-refractivity contribution < 1.29 is 13.6 Å². The van der Waals surface area contributed by atoms with Gasteiger partial charge in [-0.3, -0.25) is 9.79 Å². The Morgan fingerprint density at radius 2 is 1.77 bits per heavy atom. The number of carbonyl (C=O) groups excluding carboxylic acids is 1. The number of nitrogens with one attached hydrogen (secondary N) is 1. The lowest BCUT2D eigenvalue weighted by Crippen LogP contribution is -2.24. The maximum absolute atomic E-state index is 12.6. The molecule has 1 rings (SSSR count). The number of carbonyl (C=O) groups is 1. The van der Waals surface area contributed by atoms with Gasteiger partial charge in [-0.1, -0.05) is 45.0 Å². The van der Waals surface area contributed by atoms with Crippen LogP contribution in [0.4, 0.5) is 8.78 Å². The lowest BCUT2D eigenvalue weighted by atomic mass is 9.93. The molecule has 1 aromatic carbocycles. The summed E-state index contributed by atoms with van der Waals surface area (Å²) in [5, 5.41) is 3.30. The summed E-state index contributed by atoms with van der Waals surface area (Å²) in [6.45, 7) is 6.08. The average molecular weight is 364 g/mol. The second kappa shape index (κ2) is 11.6. The second-order valence-electron chi connectivity index (χ2n) is 6.38. The zero-order valence-electron chi connectivity index (χ0n) is 16.2. The molecule has 0 amide bonds. The molecule has 0 bridgehead atoms. The molecular weight excluding hydrogens is 334 g/mol. The standard InChI is InChI=1S/C21H30F2N2O/c1-5-16(14-26)19(25-20(6-2)24-4)9-7-8-15(3)17-10-12-18(13-11-17)21(22)23/h10-15,21H,5-9H2,1-4H3,(H,24,25)/b19-16-. The molecule has 3 nitrogen and oxygen atoms in total. The molecule has 0 aromatic heterocycles. The van der Waals surface area contributed by atoms with Crippen molar-refractivity contribution in [1.29, 1.82) is 0 Å². The Balaban J connectivity index is 2.71. The number of rotatable bonds is 10. The Morgan fingerprint density at radius 1 is 1.15 bits per heavy atom. The monoisotopic (exact) mass is 364 g/mol. The summed E-state index contributed by atoms with van der Waals surface area (Å²) in [5.41, 5.74) is 2.82. The fourth-order valence-electron chi connectivity index (χ4n) is 2.87. The van der Waals surface area contributed by atoms with Crippen molar-refractivity contribution in [3.8, 4) is 0 Å². The maximum atomic E-state index is 12.6. The van der Waals surface area contributed by atoms with Gasteiger partial charge in [-0.2, -0.15) is 0 Å². The predicted octanol–water partition coefficient (Wildman–Crippen LogP) is 5.79. The van der Waals surface area contributed by atoms with Crippen molar-refractivity contribution in [2.24, 2.45) is 4.99 Å². The van der Waals surface area contributed by atoms with Crippen LogP contribution in [0.15, 0.2) is 40.5 Å². The lowest BCUT2D eigenvalue weighted by molar-refractivity contribution is -0.105. The van der Waals surface area contributed by atoms with Gasteiger partial charge in [0.25, 0.3) is 6.43 Å². The number of aliphatic imine (C=N–C) groups is 1. The normalized spacial score (nSPS) is 14.2. The van der Waals surface area contributed by atoms with E-state index in [1.54, 1.807) is 19.2 Å². The van der Waals surface area contributed by atoms with E-state index in [0.717, 1.165) is 54.6 Å². The molecule has 0 saturated carbocycles. The Labute approximate surface area is 155 Å². The van der Waals surface area contributed by atoms with Gasteiger partial charge in [0.1, 0.15) is 6.29 Å². The molecule has 0 heterocycles. The van der Waals surface area contributed by atoms with Crippen LogP contribution in [-0.4, -0.2) is 19.2 Å². The van der Waals surface area contributed by atoms with Gasteiger partial charge in [-0.25, -0.2) is 8.78 Å². The highest BCUT2D eigenvalue weighted by atomic mass is 19.3. The van der Waals surface area contributed by atoms with E-state index >= 15 is 0 Å².